The molecule has 2 atom stereocenters. The number of hydrogen-bond donors (Lipinski definition) is 0. The van der Waals surface area contributed by atoms with Gasteiger partial charge in [-0.1, -0.05) is 115 Å². The minimum absolute atomic E-state index is 0.0290. The van der Waals surface area contributed by atoms with Crippen LogP contribution in [0.5, 0.6) is 0 Å². The molecule has 9 aromatic rings. The van der Waals surface area contributed by atoms with E-state index >= 15 is 0 Å². The van der Waals surface area contributed by atoms with Crippen LogP contribution in [-0.4, -0.2) is 23.0 Å². The SMILES string of the molecule is C1=CC2N=C(c3ccc(N(c4ccccc4)c4ccc(-c5ccc(-c6ccc(N(c7ccccc7)c7ccc(-c8nc9ccccc9o8)cc7)cc6)cc5)cc4)cc3)OC2C=C1. The Morgan fingerprint density at radius 2 is 0.774 bits per heavy atom. The van der Waals surface area contributed by atoms with Crippen LogP contribution in [0.2, 0.25) is 0 Å². The smallest absolute Gasteiger partial charge is 0.227 e. The topological polar surface area (TPSA) is 54.1 Å². The van der Waals surface area contributed by atoms with Gasteiger partial charge in [0.25, 0.3) is 0 Å². The number of allylic oxidation sites excluding steroid dienone is 2. The molecule has 0 bridgehead atoms. The van der Waals surface area contributed by atoms with Crippen LogP contribution in [0.25, 0.3) is 44.8 Å². The van der Waals surface area contributed by atoms with Crippen molar-refractivity contribution < 1.29 is 9.15 Å². The maximum Gasteiger partial charge on any atom is 0.227 e. The molecule has 2 unspecified atom stereocenters. The summed E-state index contributed by atoms with van der Waals surface area (Å²) in [6, 6.07) is 72.0. The number of fused-ring (bicyclic) bond motifs is 2. The van der Waals surface area contributed by atoms with Gasteiger partial charge in [-0.15, -0.1) is 0 Å². The van der Waals surface area contributed by atoms with Gasteiger partial charge in [0.2, 0.25) is 11.8 Å². The van der Waals surface area contributed by atoms with Crippen molar-refractivity contribution in [1.82, 2.24) is 4.98 Å². The van der Waals surface area contributed by atoms with E-state index in [1.165, 1.54) is 0 Å². The minimum atomic E-state index is -0.0290. The van der Waals surface area contributed by atoms with Gasteiger partial charge >= 0.3 is 0 Å². The molecule has 0 amide bonds. The third-order valence-electron chi connectivity index (χ3n) is 11.4. The predicted molar refractivity (Wildman–Crippen MR) is 253 cm³/mol. The van der Waals surface area contributed by atoms with Gasteiger partial charge in [0.15, 0.2) is 5.58 Å². The fraction of sp³-hybridized carbons (Fsp3) is 0.0357. The van der Waals surface area contributed by atoms with E-state index in [0.717, 1.165) is 78.6 Å². The molecule has 1 aliphatic carbocycles. The molecule has 0 radical (unpaired) electrons. The normalized spacial score (nSPS) is 15.2. The van der Waals surface area contributed by atoms with E-state index in [9.17, 15) is 0 Å². The van der Waals surface area contributed by atoms with E-state index in [2.05, 4.69) is 192 Å². The van der Waals surface area contributed by atoms with Gasteiger partial charge in [0.05, 0.1) is 0 Å². The first-order chi connectivity index (χ1) is 30.7. The molecule has 0 saturated heterocycles. The summed E-state index contributed by atoms with van der Waals surface area (Å²) in [5, 5.41) is 0. The Bertz CT molecular complexity index is 3030. The van der Waals surface area contributed by atoms with Crippen LogP contribution in [0.15, 0.2) is 240 Å². The molecule has 1 aliphatic heterocycles. The lowest BCUT2D eigenvalue weighted by Crippen LogP contribution is -2.19. The number of oxazole rings is 1. The molecule has 6 nitrogen and oxygen atoms in total. The Hall–Kier alpha value is -8.22. The summed E-state index contributed by atoms with van der Waals surface area (Å²) < 4.78 is 12.2. The molecule has 62 heavy (non-hydrogen) atoms. The van der Waals surface area contributed by atoms with Crippen molar-refractivity contribution in [1.29, 1.82) is 0 Å². The second kappa shape index (κ2) is 16.1. The third kappa shape index (κ3) is 7.24. The number of ether oxygens (including phenoxy) is 1. The second-order valence-corrected chi connectivity index (χ2v) is 15.4. The van der Waals surface area contributed by atoms with Crippen LogP contribution in [0, 0.1) is 0 Å². The number of para-hydroxylation sites is 4. The maximum absolute atomic E-state index is 6.17. The number of benzene rings is 8. The molecule has 296 valence electrons. The Labute approximate surface area is 360 Å². The summed E-state index contributed by atoms with van der Waals surface area (Å²) in [4.78, 5) is 14.0. The van der Waals surface area contributed by atoms with Crippen molar-refractivity contribution in [3.63, 3.8) is 0 Å². The Morgan fingerprint density at radius 3 is 1.26 bits per heavy atom. The van der Waals surface area contributed by atoms with Crippen LogP contribution in [0.1, 0.15) is 5.56 Å². The lowest BCUT2D eigenvalue weighted by atomic mass is 9.99. The molecule has 0 N–H and O–H groups in total. The van der Waals surface area contributed by atoms with Crippen LogP contribution in [0.3, 0.4) is 0 Å². The monoisotopic (exact) mass is 800 g/mol. The number of aromatic nitrogens is 1. The number of hydrogen-bond acceptors (Lipinski definition) is 6. The van der Waals surface area contributed by atoms with Crippen molar-refractivity contribution in [2.75, 3.05) is 9.80 Å². The van der Waals surface area contributed by atoms with Crippen molar-refractivity contribution >= 4 is 51.1 Å². The zero-order valence-electron chi connectivity index (χ0n) is 33.7. The fourth-order valence-electron chi connectivity index (χ4n) is 8.25. The summed E-state index contributed by atoms with van der Waals surface area (Å²) >= 11 is 0. The van der Waals surface area contributed by atoms with E-state index in [0.29, 0.717) is 11.8 Å². The minimum Gasteiger partial charge on any atom is -0.467 e. The number of rotatable bonds is 10. The van der Waals surface area contributed by atoms with Crippen LogP contribution in [-0.2, 0) is 4.74 Å². The Kier molecular flexibility index (Phi) is 9.56. The van der Waals surface area contributed by atoms with Gasteiger partial charge in [0.1, 0.15) is 17.7 Å². The molecule has 2 heterocycles. The van der Waals surface area contributed by atoms with E-state index in [1.54, 1.807) is 0 Å². The summed E-state index contributed by atoms with van der Waals surface area (Å²) in [5.41, 5.74) is 14.6. The van der Waals surface area contributed by atoms with Crippen molar-refractivity contribution in [3.8, 4) is 33.7 Å². The van der Waals surface area contributed by atoms with E-state index < -0.39 is 0 Å². The van der Waals surface area contributed by atoms with E-state index in [1.807, 2.05) is 48.6 Å². The third-order valence-corrected chi connectivity index (χ3v) is 11.4. The van der Waals surface area contributed by atoms with Gasteiger partial charge in [-0.25, -0.2) is 9.98 Å². The molecule has 1 aromatic heterocycles. The molecule has 2 aliphatic rings. The van der Waals surface area contributed by atoms with Crippen LogP contribution >= 0.6 is 0 Å². The van der Waals surface area contributed by atoms with Gasteiger partial charge in [-0.3, -0.25) is 0 Å². The highest BCUT2D eigenvalue weighted by Gasteiger charge is 2.29. The van der Waals surface area contributed by atoms with Crippen LogP contribution in [0.4, 0.5) is 34.1 Å². The summed E-state index contributed by atoms with van der Waals surface area (Å²) in [5.74, 6) is 1.30. The average Bonchev–Trinajstić information content (AvgIpc) is 3.99. The highest BCUT2D eigenvalue weighted by molar-refractivity contribution is 5.96. The highest BCUT2D eigenvalue weighted by atomic mass is 16.5. The standard InChI is InChI=1S/C56H40N4O2/c1-3-11-45(12-4-1)59(49-35-27-43(28-36-49)55-57-51-15-7-9-17-53(51)61-55)47-31-23-41(24-32-47)39-19-21-40(22-20-39)42-25-33-48(34-26-42)60(46-13-5-2-6-14-46)50-37-29-44(30-38-50)56-58-52-16-8-10-18-54(52)62-56/h1-38,51,53H. The fourth-order valence-corrected chi connectivity index (χ4v) is 8.25. The lowest BCUT2D eigenvalue weighted by Gasteiger charge is -2.26. The first kappa shape index (κ1) is 36.8. The molecule has 0 spiro atoms. The molecular weight excluding hydrogens is 761 g/mol. The van der Waals surface area contributed by atoms with E-state index in [4.69, 9.17) is 19.1 Å². The van der Waals surface area contributed by atoms with Crippen molar-refractivity contribution in [2.45, 2.75) is 12.1 Å². The Balaban J connectivity index is 0.817. The molecule has 0 saturated carbocycles. The second-order valence-electron chi connectivity index (χ2n) is 15.4. The zero-order chi connectivity index (χ0) is 41.2. The average molecular weight is 801 g/mol. The lowest BCUT2D eigenvalue weighted by molar-refractivity contribution is 0.255. The van der Waals surface area contributed by atoms with E-state index in [-0.39, 0.29) is 12.1 Å². The van der Waals surface area contributed by atoms with Gasteiger partial charge < -0.3 is 19.0 Å². The first-order valence-corrected chi connectivity index (χ1v) is 20.9. The first-order valence-electron chi connectivity index (χ1n) is 20.9. The zero-order valence-corrected chi connectivity index (χ0v) is 33.7. The maximum atomic E-state index is 6.17. The van der Waals surface area contributed by atoms with Crippen molar-refractivity contribution in [3.05, 3.63) is 236 Å². The predicted octanol–water partition coefficient (Wildman–Crippen LogP) is 14.4. The van der Waals surface area contributed by atoms with Gasteiger partial charge in [0, 0.05) is 45.3 Å². The van der Waals surface area contributed by atoms with Crippen LogP contribution < -0.4 is 9.80 Å². The molecular formula is C56H40N4O2. The number of aliphatic imine (C=N–C) groups is 1. The van der Waals surface area contributed by atoms with Gasteiger partial charge in [-0.05, 0) is 138 Å². The van der Waals surface area contributed by atoms with Gasteiger partial charge in [-0.2, -0.15) is 0 Å². The Morgan fingerprint density at radius 1 is 0.371 bits per heavy atom. The quantitative estimate of drug-likeness (QED) is 0.138. The molecule has 8 aromatic carbocycles. The molecule has 11 rings (SSSR count). The van der Waals surface area contributed by atoms with Crippen molar-refractivity contribution in [2.24, 2.45) is 4.99 Å². The summed E-state index contributed by atoms with van der Waals surface area (Å²) in [6.07, 6.45) is 8.17. The summed E-state index contributed by atoms with van der Waals surface area (Å²) in [7, 11) is 0. The molecule has 6 heteroatoms. The molecule has 0 fully saturated rings. The number of anilines is 6. The highest BCUT2D eigenvalue weighted by Crippen LogP contribution is 2.39. The summed E-state index contributed by atoms with van der Waals surface area (Å²) in [6.45, 7) is 0. The number of nitrogens with zero attached hydrogens (tertiary/aromatic N) is 4. The largest absolute Gasteiger partial charge is 0.467 e.